The Balaban J connectivity index is 1.50. The van der Waals surface area contributed by atoms with Crippen LogP contribution in [0.5, 0.6) is 0 Å². The van der Waals surface area contributed by atoms with E-state index >= 15 is 0 Å². The molecule has 4 heteroatoms. The molecule has 0 bridgehead atoms. The zero-order chi connectivity index (χ0) is 20.0. The minimum Gasteiger partial charge on any atom is -0.292 e. The van der Waals surface area contributed by atoms with Crippen LogP contribution in [-0.4, -0.2) is 15.6 Å². The van der Waals surface area contributed by atoms with Crippen molar-refractivity contribution in [1.29, 1.82) is 0 Å². The number of fused-ring (bicyclic) bond motifs is 2. The minimum atomic E-state index is -0.232. The maximum atomic E-state index is 13.2. The van der Waals surface area contributed by atoms with Crippen molar-refractivity contribution in [2.75, 3.05) is 0 Å². The van der Waals surface area contributed by atoms with Gasteiger partial charge in [0, 0.05) is 24.1 Å². The summed E-state index contributed by atoms with van der Waals surface area (Å²) >= 11 is 0. The van der Waals surface area contributed by atoms with Crippen LogP contribution in [0.25, 0.3) is 10.9 Å². The number of ketones is 1. The van der Waals surface area contributed by atoms with E-state index in [1.165, 1.54) is 5.56 Å². The van der Waals surface area contributed by atoms with E-state index in [9.17, 15) is 4.79 Å². The molecule has 2 atom stereocenters. The fourth-order valence-electron chi connectivity index (χ4n) is 4.38. The molecule has 0 saturated heterocycles. The average molecular weight is 382 g/mol. The number of nitrogens with zero attached hydrogens (tertiary/aromatic N) is 3. The lowest BCUT2D eigenvalue weighted by molar-refractivity contribution is -0.709. The molecule has 2 aromatic heterocycles. The summed E-state index contributed by atoms with van der Waals surface area (Å²) < 4.78 is 4.12. The highest BCUT2D eigenvalue weighted by molar-refractivity contribution is 6.02. The van der Waals surface area contributed by atoms with Gasteiger partial charge in [-0.1, -0.05) is 48.0 Å². The zero-order valence-corrected chi connectivity index (χ0v) is 16.7. The molecule has 2 heterocycles. The van der Waals surface area contributed by atoms with E-state index in [4.69, 9.17) is 0 Å². The van der Waals surface area contributed by atoms with Gasteiger partial charge in [0.15, 0.2) is 24.2 Å². The molecule has 2 unspecified atom stereocenters. The number of benzene rings is 2. The summed E-state index contributed by atoms with van der Waals surface area (Å²) in [5.41, 5.74) is 5.41. The first-order valence-corrected chi connectivity index (χ1v) is 10.2. The third kappa shape index (κ3) is 3.05. The molecule has 0 aliphatic heterocycles. The van der Waals surface area contributed by atoms with Crippen molar-refractivity contribution in [3.8, 4) is 0 Å². The highest BCUT2D eigenvalue weighted by atomic mass is 16.1. The summed E-state index contributed by atoms with van der Waals surface area (Å²) in [6.07, 6.45) is 7.79. The van der Waals surface area contributed by atoms with Gasteiger partial charge in [0.2, 0.25) is 0 Å². The molecule has 1 aliphatic carbocycles. The zero-order valence-electron chi connectivity index (χ0n) is 16.7. The number of rotatable bonds is 3. The largest absolute Gasteiger partial charge is 0.292 e. The molecule has 4 aromatic rings. The van der Waals surface area contributed by atoms with Gasteiger partial charge in [-0.25, -0.2) is 0 Å². The lowest BCUT2D eigenvalue weighted by Gasteiger charge is -2.24. The van der Waals surface area contributed by atoms with Crippen LogP contribution in [0.2, 0.25) is 0 Å². The van der Waals surface area contributed by atoms with Crippen LogP contribution >= 0.6 is 0 Å². The highest BCUT2D eigenvalue weighted by Crippen LogP contribution is 2.31. The van der Waals surface area contributed by atoms with Crippen molar-refractivity contribution < 1.29 is 9.36 Å². The quantitative estimate of drug-likeness (QED) is 0.485. The number of aryl methyl sites for hydroxylation is 2. The van der Waals surface area contributed by atoms with E-state index in [1.807, 2.05) is 29.9 Å². The number of aromatic nitrogens is 3. The highest BCUT2D eigenvalue weighted by Gasteiger charge is 2.30. The Morgan fingerprint density at radius 1 is 1.14 bits per heavy atom. The Kier molecular flexibility index (Phi) is 4.27. The third-order valence-corrected chi connectivity index (χ3v) is 6.10. The number of carbonyl (C=O) groups is 1. The van der Waals surface area contributed by atoms with Crippen LogP contribution in [0, 0.1) is 6.92 Å². The second-order valence-corrected chi connectivity index (χ2v) is 7.99. The van der Waals surface area contributed by atoms with Gasteiger partial charge in [0.25, 0.3) is 0 Å². The minimum absolute atomic E-state index is 0.175. The second kappa shape index (κ2) is 6.96. The molecular weight excluding hydrogens is 358 g/mol. The van der Waals surface area contributed by atoms with Gasteiger partial charge < -0.3 is 0 Å². The standard InChI is InChI=1S/C25H24N3O/c1-17-8-9-20-10-11-24(25(29)22(20)14-17)28-23-12-13-27(16-21(23)15-26-28)18(2)19-6-4-3-5-7-19/h3-9,12-16,18,24H,10-11H2,1-2H3/q+1. The molecular formula is C25H24N3O+. The van der Waals surface area contributed by atoms with Crippen LogP contribution in [-0.2, 0) is 6.42 Å². The monoisotopic (exact) mass is 382 g/mol. The maximum absolute atomic E-state index is 13.2. The first-order valence-electron chi connectivity index (χ1n) is 10.2. The van der Waals surface area contributed by atoms with Crippen molar-refractivity contribution in [2.45, 2.75) is 38.8 Å². The van der Waals surface area contributed by atoms with Gasteiger partial charge in [0.05, 0.1) is 17.1 Å². The molecule has 4 nitrogen and oxygen atoms in total. The summed E-state index contributed by atoms with van der Waals surface area (Å²) in [5.74, 6) is 0.175. The van der Waals surface area contributed by atoms with Crippen molar-refractivity contribution >= 4 is 16.7 Å². The summed E-state index contributed by atoms with van der Waals surface area (Å²) in [5, 5.41) is 5.67. The Hall–Kier alpha value is -3.27. The van der Waals surface area contributed by atoms with Crippen LogP contribution in [0.1, 0.15) is 52.5 Å². The van der Waals surface area contributed by atoms with Gasteiger partial charge in [-0.3, -0.25) is 9.48 Å². The lowest BCUT2D eigenvalue weighted by atomic mass is 9.86. The molecule has 0 amide bonds. The summed E-state index contributed by atoms with van der Waals surface area (Å²) in [6.45, 7) is 4.22. The predicted octanol–water partition coefficient (Wildman–Crippen LogP) is 4.61. The fraction of sp³-hybridized carbons (Fsp3) is 0.240. The van der Waals surface area contributed by atoms with Crippen LogP contribution in [0.15, 0.2) is 73.2 Å². The fourth-order valence-corrected chi connectivity index (χ4v) is 4.38. The summed E-state index contributed by atoms with van der Waals surface area (Å²) in [4.78, 5) is 13.2. The van der Waals surface area contributed by atoms with Gasteiger partial charge in [-0.2, -0.15) is 9.67 Å². The van der Waals surface area contributed by atoms with Crippen molar-refractivity contribution in [1.82, 2.24) is 9.78 Å². The molecule has 5 rings (SSSR count). The van der Waals surface area contributed by atoms with Gasteiger partial charge in [-0.15, -0.1) is 0 Å². The number of carbonyl (C=O) groups excluding carboxylic acids is 1. The van der Waals surface area contributed by atoms with E-state index in [-0.39, 0.29) is 17.9 Å². The van der Waals surface area contributed by atoms with Gasteiger partial charge in [-0.05, 0) is 31.4 Å². The lowest BCUT2D eigenvalue weighted by Crippen LogP contribution is -2.37. The summed E-state index contributed by atoms with van der Waals surface area (Å²) in [6, 6.07) is 18.7. The number of hydrogen-bond acceptors (Lipinski definition) is 2. The van der Waals surface area contributed by atoms with Gasteiger partial charge >= 0.3 is 0 Å². The Morgan fingerprint density at radius 3 is 2.79 bits per heavy atom. The molecule has 0 fully saturated rings. The first-order chi connectivity index (χ1) is 14.1. The molecule has 2 aromatic carbocycles. The van der Waals surface area contributed by atoms with Crippen molar-refractivity contribution in [3.63, 3.8) is 0 Å². The molecule has 29 heavy (non-hydrogen) atoms. The SMILES string of the molecule is Cc1ccc2c(c1)C(=O)C(n1ncc3c[n+](C(C)c4ccccc4)ccc31)CC2. The Labute approximate surface area is 170 Å². The molecule has 1 aliphatic rings. The number of hydrogen-bond donors (Lipinski definition) is 0. The molecule has 0 N–H and O–H groups in total. The molecule has 0 radical (unpaired) electrons. The molecule has 144 valence electrons. The topological polar surface area (TPSA) is 38.8 Å². The van der Waals surface area contributed by atoms with E-state index in [0.717, 1.165) is 40.4 Å². The van der Waals surface area contributed by atoms with E-state index in [1.54, 1.807) is 0 Å². The Morgan fingerprint density at radius 2 is 1.97 bits per heavy atom. The van der Waals surface area contributed by atoms with E-state index in [0.29, 0.717) is 0 Å². The van der Waals surface area contributed by atoms with Crippen molar-refractivity contribution in [3.05, 3.63) is 95.4 Å². The van der Waals surface area contributed by atoms with Gasteiger partial charge in [0.1, 0.15) is 6.04 Å². The van der Waals surface area contributed by atoms with Crippen molar-refractivity contribution in [2.24, 2.45) is 0 Å². The average Bonchev–Trinajstić information content (AvgIpc) is 3.17. The molecule has 0 spiro atoms. The predicted molar refractivity (Wildman–Crippen MR) is 113 cm³/mol. The normalized spacial score (nSPS) is 17.3. The van der Waals surface area contributed by atoms with Crippen LogP contribution in [0.4, 0.5) is 0 Å². The third-order valence-electron chi connectivity index (χ3n) is 6.10. The van der Waals surface area contributed by atoms with E-state index in [2.05, 4.69) is 71.4 Å². The first kappa shape index (κ1) is 17.8. The summed E-state index contributed by atoms with van der Waals surface area (Å²) in [7, 11) is 0. The van der Waals surface area contributed by atoms with Crippen LogP contribution in [0.3, 0.4) is 0 Å². The number of Topliss-reactive ketones (excluding diaryl/α,β-unsaturated/α-hetero) is 1. The smallest absolute Gasteiger partial charge is 0.187 e. The molecule has 0 saturated carbocycles. The number of pyridine rings is 1. The van der Waals surface area contributed by atoms with E-state index < -0.39 is 0 Å². The Bertz CT molecular complexity index is 1210. The second-order valence-electron chi connectivity index (χ2n) is 7.99. The maximum Gasteiger partial charge on any atom is 0.187 e. The van der Waals surface area contributed by atoms with Crippen LogP contribution < -0.4 is 4.57 Å².